The Morgan fingerprint density at radius 3 is 1.95 bits per heavy atom. The highest BCUT2D eigenvalue weighted by Crippen LogP contribution is 2.25. The van der Waals surface area contributed by atoms with Gasteiger partial charge in [-0.05, 0) is 17.7 Å². The minimum absolute atomic E-state index is 0.112. The first-order valence-corrected chi connectivity index (χ1v) is 6.21. The molecule has 0 atom stereocenters. The molecule has 19 heavy (non-hydrogen) atoms. The van der Waals surface area contributed by atoms with Gasteiger partial charge in [-0.3, -0.25) is 4.79 Å². The van der Waals surface area contributed by atoms with Crippen LogP contribution in [0.3, 0.4) is 0 Å². The molecule has 0 fully saturated rings. The summed E-state index contributed by atoms with van der Waals surface area (Å²) in [5.74, 6) is -0.786. The van der Waals surface area contributed by atoms with E-state index in [1.807, 2.05) is 18.2 Å². The smallest absolute Gasteiger partial charge is 0.307 e. The highest BCUT2D eigenvalue weighted by molar-refractivity contribution is 6.38. The van der Waals surface area contributed by atoms with Gasteiger partial charge in [0.05, 0.1) is 22.2 Å². The lowest BCUT2D eigenvalue weighted by Gasteiger charge is -1.96. The normalized spacial score (nSPS) is 9.37. The van der Waals surface area contributed by atoms with Crippen LogP contribution in [0.1, 0.15) is 5.56 Å². The predicted molar refractivity (Wildman–Crippen MR) is 78.7 cm³/mol. The fourth-order valence-electron chi connectivity index (χ4n) is 1.28. The van der Waals surface area contributed by atoms with Gasteiger partial charge in [0.2, 0.25) is 0 Å². The van der Waals surface area contributed by atoms with E-state index in [-0.39, 0.29) is 6.42 Å². The standard InChI is InChI=1S/C8H8O2.C6H5Cl2N/c9-8(10)6-7-4-2-1-3-5-7;7-4-2-1-3-5(8)6(4)9/h1-5H,6H2,(H,9,10);1-3H,9H2. The molecule has 0 amide bonds. The summed E-state index contributed by atoms with van der Waals surface area (Å²) >= 11 is 11.2. The van der Waals surface area contributed by atoms with E-state index in [4.69, 9.17) is 34.0 Å². The quantitative estimate of drug-likeness (QED) is 0.827. The van der Waals surface area contributed by atoms with Crippen LogP contribution in [0, 0.1) is 0 Å². The van der Waals surface area contributed by atoms with E-state index in [9.17, 15) is 4.79 Å². The third-order valence-electron chi connectivity index (χ3n) is 2.20. The van der Waals surface area contributed by atoms with Gasteiger partial charge in [-0.2, -0.15) is 0 Å². The summed E-state index contributed by atoms with van der Waals surface area (Å²) in [7, 11) is 0. The molecule has 3 N–H and O–H groups in total. The van der Waals surface area contributed by atoms with Crippen molar-refractivity contribution in [2.75, 3.05) is 5.73 Å². The Labute approximate surface area is 121 Å². The van der Waals surface area contributed by atoms with Crippen LogP contribution in [0.15, 0.2) is 48.5 Å². The third kappa shape index (κ3) is 5.64. The molecule has 0 bridgehead atoms. The summed E-state index contributed by atoms with van der Waals surface area (Å²) in [6.07, 6.45) is 0.112. The molecule has 2 aromatic rings. The van der Waals surface area contributed by atoms with E-state index < -0.39 is 5.97 Å². The number of hydrogen-bond donors (Lipinski definition) is 2. The topological polar surface area (TPSA) is 63.3 Å². The van der Waals surface area contributed by atoms with Gasteiger partial charge in [-0.25, -0.2) is 0 Å². The van der Waals surface area contributed by atoms with Gasteiger partial charge >= 0.3 is 5.97 Å². The van der Waals surface area contributed by atoms with Crippen molar-refractivity contribution in [2.45, 2.75) is 6.42 Å². The van der Waals surface area contributed by atoms with Crippen LogP contribution in [0.2, 0.25) is 10.0 Å². The maximum Gasteiger partial charge on any atom is 0.307 e. The molecule has 100 valence electrons. The van der Waals surface area contributed by atoms with Gasteiger partial charge in [-0.15, -0.1) is 0 Å². The minimum atomic E-state index is -0.786. The van der Waals surface area contributed by atoms with Crippen molar-refractivity contribution in [1.29, 1.82) is 0 Å². The Balaban J connectivity index is 0.000000191. The number of carbonyl (C=O) groups is 1. The zero-order chi connectivity index (χ0) is 14.3. The molecule has 0 radical (unpaired) electrons. The highest BCUT2D eigenvalue weighted by atomic mass is 35.5. The lowest BCUT2D eigenvalue weighted by molar-refractivity contribution is -0.136. The van der Waals surface area contributed by atoms with E-state index in [1.54, 1.807) is 30.3 Å². The van der Waals surface area contributed by atoms with Crippen LogP contribution < -0.4 is 5.73 Å². The van der Waals surface area contributed by atoms with Crippen LogP contribution in [0.5, 0.6) is 0 Å². The number of halogens is 2. The van der Waals surface area contributed by atoms with Gasteiger partial charge in [0, 0.05) is 0 Å². The van der Waals surface area contributed by atoms with E-state index in [2.05, 4.69) is 0 Å². The number of nitrogens with two attached hydrogens (primary N) is 1. The van der Waals surface area contributed by atoms with Crippen molar-refractivity contribution >= 4 is 34.9 Å². The van der Waals surface area contributed by atoms with E-state index >= 15 is 0 Å². The first-order valence-electron chi connectivity index (χ1n) is 5.46. The monoisotopic (exact) mass is 297 g/mol. The molecule has 0 aliphatic carbocycles. The largest absolute Gasteiger partial charge is 0.481 e. The molecule has 0 saturated carbocycles. The molecular weight excluding hydrogens is 285 g/mol. The molecule has 2 rings (SSSR count). The molecule has 0 aliphatic rings. The Hall–Kier alpha value is -1.71. The van der Waals surface area contributed by atoms with Crippen LogP contribution in [0.25, 0.3) is 0 Å². The summed E-state index contributed by atoms with van der Waals surface area (Å²) in [4.78, 5) is 10.2. The minimum Gasteiger partial charge on any atom is -0.481 e. The fraction of sp³-hybridized carbons (Fsp3) is 0.0714. The number of carboxylic acids is 1. The maximum atomic E-state index is 10.2. The lowest BCUT2D eigenvalue weighted by atomic mass is 10.2. The van der Waals surface area contributed by atoms with Crippen LogP contribution in [0.4, 0.5) is 5.69 Å². The van der Waals surface area contributed by atoms with Gasteiger partial charge in [0.1, 0.15) is 0 Å². The van der Waals surface area contributed by atoms with Crippen molar-refractivity contribution in [3.63, 3.8) is 0 Å². The number of nitrogen functional groups attached to an aromatic ring is 1. The van der Waals surface area contributed by atoms with E-state index in [1.165, 1.54) is 0 Å². The number of aliphatic carboxylic acids is 1. The van der Waals surface area contributed by atoms with Gasteiger partial charge in [0.25, 0.3) is 0 Å². The van der Waals surface area contributed by atoms with Crippen molar-refractivity contribution in [2.24, 2.45) is 0 Å². The number of hydrogen-bond acceptors (Lipinski definition) is 2. The molecule has 0 spiro atoms. The average molecular weight is 298 g/mol. The molecule has 0 aliphatic heterocycles. The fourth-order valence-corrected chi connectivity index (χ4v) is 1.68. The summed E-state index contributed by atoms with van der Waals surface area (Å²) < 4.78 is 0. The zero-order valence-electron chi connectivity index (χ0n) is 10.0. The van der Waals surface area contributed by atoms with E-state index in [0.717, 1.165) is 5.56 Å². The molecule has 2 aromatic carbocycles. The molecule has 0 unspecified atom stereocenters. The highest BCUT2D eigenvalue weighted by Gasteiger charge is 1.97. The van der Waals surface area contributed by atoms with Gasteiger partial charge < -0.3 is 10.8 Å². The second kappa shape index (κ2) is 7.67. The lowest BCUT2D eigenvalue weighted by Crippen LogP contribution is -1.98. The Morgan fingerprint density at radius 2 is 1.53 bits per heavy atom. The summed E-state index contributed by atoms with van der Waals surface area (Å²) in [6.45, 7) is 0. The zero-order valence-corrected chi connectivity index (χ0v) is 11.5. The molecule has 0 heterocycles. The molecule has 5 heteroatoms. The van der Waals surface area contributed by atoms with Gasteiger partial charge in [-0.1, -0.05) is 59.6 Å². The molecular formula is C14H13Cl2NO2. The Bertz CT molecular complexity index is 524. The molecule has 0 aromatic heterocycles. The third-order valence-corrected chi connectivity index (χ3v) is 2.86. The van der Waals surface area contributed by atoms with Crippen LogP contribution >= 0.6 is 23.2 Å². The first kappa shape index (κ1) is 15.3. The number of anilines is 1. The molecule has 0 saturated heterocycles. The average Bonchev–Trinajstić information content (AvgIpc) is 2.37. The molecule has 3 nitrogen and oxygen atoms in total. The number of carboxylic acid groups (broad SMARTS) is 1. The summed E-state index contributed by atoms with van der Waals surface area (Å²) in [5, 5.41) is 9.37. The Morgan fingerprint density at radius 1 is 1.00 bits per heavy atom. The van der Waals surface area contributed by atoms with Crippen molar-refractivity contribution in [1.82, 2.24) is 0 Å². The van der Waals surface area contributed by atoms with Crippen molar-refractivity contribution < 1.29 is 9.90 Å². The number of benzene rings is 2. The SMILES string of the molecule is Nc1c(Cl)cccc1Cl.O=C(O)Cc1ccccc1. The van der Waals surface area contributed by atoms with Crippen LogP contribution in [-0.2, 0) is 11.2 Å². The summed E-state index contributed by atoms with van der Waals surface area (Å²) in [6, 6.07) is 14.3. The second-order valence-electron chi connectivity index (χ2n) is 3.69. The first-order chi connectivity index (χ1) is 9.00. The van der Waals surface area contributed by atoms with Gasteiger partial charge in [0.15, 0.2) is 0 Å². The van der Waals surface area contributed by atoms with Crippen molar-refractivity contribution in [3.8, 4) is 0 Å². The summed E-state index contributed by atoms with van der Waals surface area (Å²) in [5.41, 5.74) is 6.71. The number of para-hydroxylation sites is 1. The van der Waals surface area contributed by atoms with Crippen molar-refractivity contribution in [3.05, 3.63) is 64.1 Å². The second-order valence-corrected chi connectivity index (χ2v) is 4.51. The predicted octanol–water partition coefficient (Wildman–Crippen LogP) is 3.89. The van der Waals surface area contributed by atoms with E-state index in [0.29, 0.717) is 15.7 Å². The Kier molecular flexibility index (Phi) is 6.19. The van der Waals surface area contributed by atoms with Crippen LogP contribution in [-0.4, -0.2) is 11.1 Å². The number of rotatable bonds is 2. The maximum absolute atomic E-state index is 10.2.